The number of hydrogen-bond donors (Lipinski definition) is 3. The van der Waals surface area contributed by atoms with Gasteiger partial charge in [-0.2, -0.15) is 5.10 Å². The van der Waals surface area contributed by atoms with Gasteiger partial charge in [0.1, 0.15) is 12.1 Å². The van der Waals surface area contributed by atoms with Crippen LogP contribution in [0, 0.1) is 12.8 Å². The van der Waals surface area contributed by atoms with Crippen LogP contribution in [0.3, 0.4) is 0 Å². The molecular weight excluding hydrogens is 378 g/mol. The molecule has 7 nitrogen and oxygen atoms in total. The van der Waals surface area contributed by atoms with Crippen molar-refractivity contribution in [3.63, 3.8) is 0 Å². The summed E-state index contributed by atoms with van der Waals surface area (Å²) in [6, 6.07) is 15.6. The second-order valence-electron chi connectivity index (χ2n) is 7.93. The Morgan fingerprint density at radius 2 is 1.93 bits per heavy atom. The molecule has 2 aliphatic heterocycles. The lowest BCUT2D eigenvalue weighted by molar-refractivity contribution is -0.118. The van der Waals surface area contributed by atoms with Gasteiger partial charge in [0.05, 0.1) is 5.70 Å². The third kappa shape index (κ3) is 3.54. The number of nitrogens with one attached hydrogen (secondary N) is 3. The number of fused-ring (bicyclic) bond motifs is 1. The highest BCUT2D eigenvalue weighted by atomic mass is 16.2. The largest absolute Gasteiger partial charge is 0.361 e. The average Bonchev–Trinajstić information content (AvgIpc) is 3.32. The van der Waals surface area contributed by atoms with Gasteiger partial charge >= 0.3 is 0 Å². The molecule has 30 heavy (non-hydrogen) atoms. The number of carbonyl (C=O) groups excluding carboxylic acids is 2. The van der Waals surface area contributed by atoms with Gasteiger partial charge in [0.25, 0.3) is 5.91 Å². The summed E-state index contributed by atoms with van der Waals surface area (Å²) in [5.41, 5.74) is 4.08. The molecule has 0 radical (unpaired) electrons. The van der Waals surface area contributed by atoms with Crippen molar-refractivity contribution >= 4 is 29.4 Å². The van der Waals surface area contributed by atoms with E-state index in [0.29, 0.717) is 11.3 Å². The van der Waals surface area contributed by atoms with Crippen molar-refractivity contribution < 1.29 is 9.59 Å². The predicted molar refractivity (Wildman–Crippen MR) is 115 cm³/mol. The molecule has 1 aliphatic carbocycles. The summed E-state index contributed by atoms with van der Waals surface area (Å²) in [5.74, 6) is -0.717. The van der Waals surface area contributed by atoms with Crippen molar-refractivity contribution in [2.75, 3.05) is 5.32 Å². The molecule has 1 fully saturated rings. The van der Waals surface area contributed by atoms with E-state index in [4.69, 9.17) is 0 Å². The number of aryl methyl sites for hydroxylation is 1. The van der Waals surface area contributed by atoms with Gasteiger partial charge in [-0.25, -0.2) is 5.01 Å². The first-order valence-electron chi connectivity index (χ1n) is 10.2. The molecule has 2 aromatic rings. The van der Waals surface area contributed by atoms with E-state index >= 15 is 0 Å². The Hall–Kier alpha value is -3.61. The summed E-state index contributed by atoms with van der Waals surface area (Å²) < 4.78 is 0. The van der Waals surface area contributed by atoms with Crippen LogP contribution in [0.2, 0.25) is 0 Å². The molecule has 5 rings (SSSR count). The van der Waals surface area contributed by atoms with E-state index in [-0.39, 0.29) is 24.0 Å². The number of hydrogen-bond acceptors (Lipinski definition) is 5. The number of nitrogens with zero attached hydrogens (tertiary/aromatic N) is 2. The smallest absolute Gasteiger partial charge is 0.251 e. The van der Waals surface area contributed by atoms with Crippen LogP contribution in [0.1, 0.15) is 34.3 Å². The maximum absolute atomic E-state index is 13.0. The van der Waals surface area contributed by atoms with Crippen molar-refractivity contribution in [2.24, 2.45) is 11.0 Å². The Bertz CT molecular complexity index is 1060. The highest BCUT2D eigenvalue weighted by molar-refractivity contribution is 6.04. The van der Waals surface area contributed by atoms with Gasteiger partial charge in [0.15, 0.2) is 0 Å². The fraction of sp³-hybridized carbons (Fsp3) is 0.261. The summed E-state index contributed by atoms with van der Waals surface area (Å²) in [4.78, 5) is 25.4. The molecule has 2 unspecified atom stereocenters. The number of amides is 2. The average molecular weight is 401 g/mol. The fourth-order valence-electron chi connectivity index (χ4n) is 3.66. The minimum absolute atomic E-state index is 0.101. The van der Waals surface area contributed by atoms with E-state index in [1.807, 2.05) is 49.5 Å². The standard InChI is InChI=1S/C23H23N5O2/c1-14-7-8-16(22(29)25-17-9-10-17)11-19(14)27-23(30)18-12-24-28-13-20(26-21(18)28)15-5-3-2-4-6-15/h2-8,11-13,17-18,21,26H,9-10H2,1H3,(H,25,29)(H,27,30). The summed E-state index contributed by atoms with van der Waals surface area (Å²) in [6.07, 6.45) is 5.38. The highest BCUT2D eigenvalue weighted by Gasteiger charge is 2.39. The van der Waals surface area contributed by atoms with Crippen molar-refractivity contribution in [3.8, 4) is 0 Å². The maximum Gasteiger partial charge on any atom is 0.251 e. The summed E-state index contributed by atoms with van der Waals surface area (Å²) in [5, 5.41) is 15.5. The molecule has 0 aromatic heterocycles. The third-order valence-electron chi connectivity index (χ3n) is 5.61. The second kappa shape index (κ2) is 7.33. The monoisotopic (exact) mass is 401 g/mol. The lowest BCUT2D eigenvalue weighted by atomic mass is 10.1. The van der Waals surface area contributed by atoms with E-state index in [1.165, 1.54) is 0 Å². The van der Waals surface area contributed by atoms with Crippen LogP contribution >= 0.6 is 0 Å². The zero-order valence-electron chi connectivity index (χ0n) is 16.6. The topological polar surface area (TPSA) is 85.8 Å². The lowest BCUT2D eigenvalue weighted by Gasteiger charge is -2.21. The summed E-state index contributed by atoms with van der Waals surface area (Å²) in [6.45, 7) is 1.91. The van der Waals surface area contributed by atoms with Gasteiger partial charge in [-0.1, -0.05) is 36.4 Å². The Morgan fingerprint density at radius 1 is 1.13 bits per heavy atom. The normalized spacial score (nSPS) is 21.6. The van der Waals surface area contributed by atoms with Crippen molar-refractivity contribution in [3.05, 3.63) is 71.4 Å². The Kier molecular flexibility index (Phi) is 4.50. The molecule has 0 bridgehead atoms. The first-order valence-corrected chi connectivity index (χ1v) is 10.2. The SMILES string of the molecule is Cc1ccc(C(=O)NC2CC2)cc1NC(=O)C1C=NN2C=C(c3ccccc3)NC12. The van der Waals surface area contributed by atoms with Crippen LogP contribution in [0.25, 0.3) is 5.70 Å². The highest BCUT2D eigenvalue weighted by Crippen LogP contribution is 2.29. The maximum atomic E-state index is 13.0. The Morgan fingerprint density at radius 3 is 2.70 bits per heavy atom. The first-order chi connectivity index (χ1) is 14.6. The van der Waals surface area contributed by atoms with Gasteiger partial charge < -0.3 is 16.0 Å². The molecule has 2 heterocycles. The van der Waals surface area contributed by atoms with Crippen LogP contribution in [0.15, 0.2) is 59.8 Å². The number of anilines is 1. The van der Waals surface area contributed by atoms with Gasteiger partial charge in [-0.05, 0) is 43.0 Å². The molecule has 7 heteroatoms. The molecule has 2 aromatic carbocycles. The Labute approximate surface area is 174 Å². The zero-order valence-corrected chi connectivity index (χ0v) is 16.6. The van der Waals surface area contributed by atoms with E-state index in [1.54, 1.807) is 23.4 Å². The molecular formula is C23H23N5O2. The number of rotatable bonds is 5. The van der Waals surface area contributed by atoms with E-state index in [2.05, 4.69) is 21.1 Å². The summed E-state index contributed by atoms with van der Waals surface area (Å²) >= 11 is 0. The molecule has 152 valence electrons. The molecule has 3 N–H and O–H groups in total. The van der Waals surface area contributed by atoms with Crippen LogP contribution in [0.4, 0.5) is 5.69 Å². The molecule has 3 aliphatic rings. The van der Waals surface area contributed by atoms with E-state index in [0.717, 1.165) is 29.7 Å². The van der Waals surface area contributed by atoms with Crippen LogP contribution in [-0.4, -0.2) is 35.2 Å². The number of carbonyl (C=O) groups is 2. The molecule has 0 spiro atoms. The minimum atomic E-state index is -0.453. The fourth-order valence-corrected chi connectivity index (χ4v) is 3.66. The third-order valence-corrected chi connectivity index (χ3v) is 5.61. The minimum Gasteiger partial charge on any atom is -0.361 e. The van der Waals surface area contributed by atoms with Gasteiger partial charge in [-0.3, -0.25) is 9.59 Å². The van der Waals surface area contributed by atoms with Crippen molar-refractivity contribution in [2.45, 2.75) is 32.0 Å². The van der Waals surface area contributed by atoms with Gasteiger partial charge in [0, 0.05) is 29.7 Å². The summed E-state index contributed by atoms with van der Waals surface area (Å²) in [7, 11) is 0. The zero-order chi connectivity index (χ0) is 20.7. The van der Waals surface area contributed by atoms with Crippen molar-refractivity contribution in [1.29, 1.82) is 0 Å². The first kappa shape index (κ1) is 18.4. The van der Waals surface area contributed by atoms with E-state index in [9.17, 15) is 9.59 Å². The van der Waals surface area contributed by atoms with Crippen LogP contribution in [0.5, 0.6) is 0 Å². The molecule has 1 saturated carbocycles. The van der Waals surface area contributed by atoms with Crippen LogP contribution < -0.4 is 16.0 Å². The predicted octanol–water partition coefficient (Wildman–Crippen LogP) is 2.67. The van der Waals surface area contributed by atoms with E-state index < -0.39 is 5.92 Å². The number of hydrazone groups is 1. The second-order valence-corrected chi connectivity index (χ2v) is 7.93. The molecule has 2 atom stereocenters. The van der Waals surface area contributed by atoms with Gasteiger partial charge in [-0.15, -0.1) is 0 Å². The lowest BCUT2D eigenvalue weighted by Crippen LogP contribution is -2.42. The molecule has 2 amide bonds. The Balaban J connectivity index is 1.28. The van der Waals surface area contributed by atoms with Crippen molar-refractivity contribution in [1.82, 2.24) is 15.6 Å². The van der Waals surface area contributed by atoms with Crippen LogP contribution in [-0.2, 0) is 4.79 Å². The quantitative estimate of drug-likeness (QED) is 0.719. The van der Waals surface area contributed by atoms with Gasteiger partial charge in [0.2, 0.25) is 5.91 Å². The number of benzene rings is 2. The molecule has 0 saturated heterocycles.